The highest BCUT2D eigenvalue weighted by molar-refractivity contribution is 6.31. The van der Waals surface area contributed by atoms with E-state index >= 15 is 0 Å². The molecular weight excluding hydrogens is 396 g/mol. The van der Waals surface area contributed by atoms with Crippen molar-refractivity contribution in [2.24, 2.45) is 0 Å². The van der Waals surface area contributed by atoms with Crippen LogP contribution < -0.4 is 4.74 Å². The quantitative estimate of drug-likeness (QED) is 0.697. The standard InChI is InChI=1S/C21H27ClN2O5/c1-14(25)23-11-8-16(9-12-23)29-19-7-6-15(22)13-17(19)20(26)24-10-4-3-5-18(24)21(27)28-2/h6-7,13,16,18H,3-5,8-12H2,1-2H3/t18-/m0/s1. The molecule has 3 rings (SSSR count). The molecule has 1 aromatic rings. The summed E-state index contributed by atoms with van der Waals surface area (Å²) in [5.74, 6) is -0.169. The third-order valence-electron chi connectivity index (χ3n) is 5.59. The molecule has 158 valence electrons. The van der Waals surface area contributed by atoms with Crippen molar-refractivity contribution in [2.45, 2.75) is 51.2 Å². The number of benzene rings is 1. The summed E-state index contributed by atoms with van der Waals surface area (Å²) in [6.07, 6.45) is 3.60. The molecule has 2 fully saturated rings. The maximum Gasteiger partial charge on any atom is 0.328 e. The van der Waals surface area contributed by atoms with Crippen LogP contribution in [-0.2, 0) is 14.3 Å². The first-order valence-electron chi connectivity index (χ1n) is 10.0. The number of carbonyl (C=O) groups is 3. The molecular formula is C21H27ClN2O5. The molecule has 29 heavy (non-hydrogen) atoms. The fourth-order valence-corrected chi connectivity index (χ4v) is 4.12. The average molecular weight is 423 g/mol. The van der Waals surface area contributed by atoms with Gasteiger partial charge in [-0.3, -0.25) is 9.59 Å². The molecule has 2 aliphatic heterocycles. The van der Waals surface area contributed by atoms with Gasteiger partial charge in [0.15, 0.2) is 0 Å². The molecule has 0 bridgehead atoms. The van der Waals surface area contributed by atoms with E-state index < -0.39 is 12.0 Å². The summed E-state index contributed by atoms with van der Waals surface area (Å²) in [7, 11) is 1.33. The largest absolute Gasteiger partial charge is 0.489 e. The lowest BCUT2D eigenvalue weighted by molar-refractivity contribution is -0.147. The number of amides is 2. The number of methoxy groups -OCH3 is 1. The van der Waals surface area contributed by atoms with Crippen LogP contribution in [0.5, 0.6) is 5.75 Å². The van der Waals surface area contributed by atoms with E-state index in [1.165, 1.54) is 7.11 Å². The summed E-state index contributed by atoms with van der Waals surface area (Å²) in [5.41, 5.74) is 0.349. The number of likely N-dealkylation sites (tertiary alicyclic amines) is 2. The molecule has 0 unspecified atom stereocenters. The van der Waals surface area contributed by atoms with Crippen molar-refractivity contribution >= 4 is 29.4 Å². The Morgan fingerprint density at radius 2 is 1.79 bits per heavy atom. The molecule has 0 aliphatic carbocycles. The molecule has 2 heterocycles. The summed E-state index contributed by atoms with van der Waals surface area (Å²) in [4.78, 5) is 40.3. The zero-order valence-electron chi connectivity index (χ0n) is 16.9. The van der Waals surface area contributed by atoms with Gasteiger partial charge in [-0.1, -0.05) is 11.6 Å². The van der Waals surface area contributed by atoms with Crippen molar-refractivity contribution < 1.29 is 23.9 Å². The molecule has 2 amide bonds. The zero-order valence-corrected chi connectivity index (χ0v) is 17.6. The van der Waals surface area contributed by atoms with Crippen molar-refractivity contribution in [3.63, 3.8) is 0 Å². The summed E-state index contributed by atoms with van der Waals surface area (Å²) < 4.78 is 11.0. The highest BCUT2D eigenvalue weighted by Gasteiger charge is 2.35. The van der Waals surface area contributed by atoms with Gasteiger partial charge in [0.2, 0.25) is 5.91 Å². The van der Waals surface area contributed by atoms with Gasteiger partial charge in [0.05, 0.1) is 12.7 Å². The van der Waals surface area contributed by atoms with E-state index in [2.05, 4.69) is 0 Å². The molecule has 2 saturated heterocycles. The maximum absolute atomic E-state index is 13.3. The fraction of sp³-hybridized carbons (Fsp3) is 0.571. The van der Waals surface area contributed by atoms with Gasteiger partial charge in [-0.25, -0.2) is 4.79 Å². The number of hydrogen-bond acceptors (Lipinski definition) is 5. The molecule has 8 heteroatoms. The number of nitrogens with zero attached hydrogens (tertiary/aromatic N) is 2. The highest BCUT2D eigenvalue weighted by Crippen LogP contribution is 2.30. The van der Waals surface area contributed by atoms with Crippen molar-refractivity contribution in [3.05, 3.63) is 28.8 Å². The smallest absolute Gasteiger partial charge is 0.328 e. The molecule has 0 aromatic heterocycles. The Morgan fingerprint density at radius 1 is 1.07 bits per heavy atom. The zero-order chi connectivity index (χ0) is 21.0. The fourth-order valence-electron chi connectivity index (χ4n) is 3.95. The van der Waals surface area contributed by atoms with Crippen LogP contribution in [-0.4, -0.2) is 66.5 Å². The number of rotatable bonds is 4. The molecule has 1 aromatic carbocycles. The molecule has 7 nitrogen and oxygen atoms in total. The number of carbonyl (C=O) groups excluding carboxylic acids is 3. The Morgan fingerprint density at radius 3 is 2.45 bits per heavy atom. The Labute approximate surface area is 175 Å². The summed E-state index contributed by atoms with van der Waals surface area (Å²) in [6.45, 7) is 3.32. The van der Waals surface area contributed by atoms with Crippen molar-refractivity contribution in [1.82, 2.24) is 9.80 Å². The molecule has 0 spiro atoms. The van der Waals surface area contributed by atoms with Crippen LogP contribution in [0.4, 0.5) is 0 Å². The second-order valence-corrected chi connectivity index (χ2v) is 7.93. The number of esters is 1. The number of hydrogen-bond donors (Lipinski definition) is 0. The Kier molecular flexibility index (Phi) is 7.00. The first-order chi connectivity index (χ1) is 13.9. The minimum atomic E-state index is -0.591. The first kappa shape index (κ1) is 21.4. The lowest BCUT2D eigenvalue weighted by Crippen LogP contribution is -2.48. The van der Waals surface area contributed by atoms with Gasteiger partial charge in [0.25, 0.3) is 5.91 Å². The molecule has 2 aliphatic rings. The summed E-state index contributed by atoms with van der Waals surface area (Å²) >= 11 is 6.16. The lowest BCUT2D eigenvalue weighted by Gasteiger charge is -2.35. The average Bonchev–Trinajstić information content (AvgIpc) is 2.74. The van der Waals surface area contributed by atoms with Crippen molar-refractivity contribution in [2.75, 3.05) is 26.7 Å². The molecule has 0 radical (unpaired) electrons. The van der Waals surface area contributed by atoms with E-state index in [-0.39, 0.29) is 17.9 Å². The van der Waals surface area contributed by atoms with E-state index in [9.17, 15) is 14.4 Å². The van der Waals surface area contributed by atoms with Gasteiger partial charge in [0.1, 0.15) is 17.9 Å². The predicted molar refractivity (Wildman–Crippen MR) is 108 cm³/mol. The van der Waals surface area contributed by atoms with Gasteiger partial charge in [-0.2, -0.15) is 0 Å². The molecule has 1 atom stereocenters. The summed E-state index contributed by atoms with van der Waals surface area (Å²) in [5, 5.41) is 0.429. The monoisotopic (exact) mass is 422 g/mol. The number of halogens is 1. The van der Waals surface area contributed by atoms with Crippen LogP contribution in [0.3, 0.4) is 0 Å². The van der Waals surface area contributed by atoms with Crippen LogP contribution in [0.2, 0.25) is 5.02 Å². The molecule has 0 N–H and O–H groups in total. The van der Waals surface area contributed by atoms with E-state index in [0.29, 0.717) is 55.2 Å². The third-order valence-corrected chi connectivity index (χ3v) is 5.82. The van der Waals surface area contributed by atoms with E-state index in [1.54, 1.807) is 34.9 Å². The number of ether oxygens (including phenoxy) is 2. The third kappa shape index (κ3) is 5.01. The van der Waals surface area contributed by atoms with E-state index in [1.807, 2.05) is 0 Å². The van der Waals surface area contributed by atoms with E-state index in [0.717, 1.165) is 12.8 Å². The van der Waals surface area contributed by atoms with Crippen molar-refractivity contribution in [1.29, 1.82) is 0 Å². The number of piperidine rings is 2. The maximum atomic E-state index is 13.3. The van der Waals surface area contributed by atoms with Gasteiger partial charge < -0.3 is 19.3 Å². The van der Waals surface area contributed by atoms with Crippen LogP contribution in [0.1, 0.15) is 49.4 Å². The Balaban J connectivity index is 1.78. The van der Waals surface area contributed by atoms with Crippen LogP contribution in [0, 0.1) is 0 Å². The minimum absolute atomic E-state index is 0.0600. The topological polar surface area (TPSA) is 76.2 Å². The SMILES string of the molecule is COC(=O)[C@@H]1CCCCN1C(=O)c1cc(Cl)ccc1OC1CCN(C(C)=O)CC1. The first-order valence-corrected chi connectivity index (χ1v) is 10.4. The lowest BCUT2D eigenvalue weighted by atomic mass is 10.0. The van der Waals surface area contributed by atoms with Gasteiger partial charge in [0, 0.05) is 44.4 Å². The van der Waals surface area contributed by atoms with Crippen molar-refractivity contribution in [3.8, 4) is 5.75 Å². The highest BCUT2D eigenvalue weighted by atomic mass is 35.5. The molecule has 0 saturated carbocycles. The predicted octanol–water partition coefficient (Wildman–Crippen LogP) is 2.90. The second kappa shape index (κ2) is 9.48. The Hall–Kier alpha value is -2.28. The van der Waals surface area contributed by atoms with Crippen LogP contribution in [0.15, 0.2) is 18.2 Å². The van der Waals surface area contributed by atoms with Gasteiger partial charge in [-0.15, -0.1) is 0 Å². The van der Waals surface area contributed by atoms with Gasteiger partial charge in [-0.05, 0) is 37.5 Å². The second-order valence-electron chi connectivity index (χ2n) is 7.50. The minimum Gasteiger partial charge on any atom is -0.489 e. The van der Waals surface area contributed by atoms with Crippen LogP contribution in [0.25, 0.3) is 0 Å². The van der Waals surface area contributed by atoms with Crippen LogP contribution >= 0.6 is 11.6 Å². The summed E-state index contributed by atoms with van der Waals surface area (Å²) in [6, 6.07) is 4.38. The van der Waals surface area contributed by atoms with E-state index in [4.69, 9.17) is 21.1 Å². The Bertz CT molecular complexity index is 776. The normalized spacial score (nSPS) is 20.3. The van der Waals surface area contributed by atoms with Gasteiger partial charge >= 0.3 is 5.97 Å².